The van der Waals surface area contributed by atoms with Gasteiger partial charge in [-0.25, -0.2) is 4.39 Å². The number of rotatable bonds is 3. The molecular weight excluding hydrogens is 278 g/mol. The molecule has 2 aromatic rings. The van der Waals surface area contributed by atoms with Gasteiger partial charge in [0.05, 0.1) is 22.3 Å². The van der Waals surface area contributed by atoms with Crippen molar-refractivity contribution in [2.75, 3.05) is 5.32 Å². The Morgan fingerprint density at radius 1 is 1.28 bits per heavy atom. The second-order valence-corrected chi connectivity index (χ2v) is 4.63. The minimum Gasteiger partial charge on any atom is -0.375 e. The van der Waals surface area contributed by atoms with Crippen LogP contribution in [0.1, 0.15) is 11.6 Å². The zero-order valence-electron chi connectivity index (χ0n) is 9.84. The third-order valence-corrected chi connectivity index (χ3v) is 3.21. The maximum absolute atomic E-state index is 13.0. The molecule has 18 heavy (non-hydrogen) atoms. The number of hydrogen-bond acceptors (Lipinski definition) is 3. The first-order chi connectivity index (χ1) is 8.49. The van der Waals surface area contributed by atoms with E-state index in [9.17, 15) is 4.39 Å². The summed E-state index contributed by atoms with van der Waals surface area (Å²) in [5, 5.41) is 11.4. The molecule has 0 spiro atoms. The average molecular weight is 289 g/mol. The standard InChI is InChI=1S/C11H11Cl2FN4/c1-6-16-17-10(18(6)2)5-15-11-8(12)3-7(14)4-9(11)13/h3-4,15H,5H2,1-2H3. The van der Waals surface area contributed by atoms with E-state index in [4.69, 9.17) is 23.2 Å². The summed E-state index contributed by atoms with van der Waals surface area (Å²) in [6.45, 7) is 2.26. The van der Waals surface area contributed by atoms with Gasteiger partial charge >= 0.3 is 0 Å². The van der Waals surface area contributed by atoms with Crippen LogP contribution in [0.15, 0.2) is 12.1 Å². The summed E-state index contributed by atoms with van der Waals surface area (Å²) in [5.41, 5.74) is 0.486. The Labute approximate surface area is 114 Å². The Morgan fingerprint density at radius 2 is 1.89 bits per heavy atom. The molecule has 7 heteroatoms. The number of nitrogens with one attached hydrogen (secondary N) is 1. The number of hydrogen-bond donors (Lipinski definition) is 1. The highest BCUT2D eigenvalue weighted by atomic mass is 35.5. The van der Waals surface area contributed by atoms with E-state index in [2.05, 4.69) is 15.5 Å². The third kappa shape index (κ3) is 2.57. The van der Waals surface area contributed by atoms with Crippen LogP contribution in [0.3, 0.4) is 0 Å². The summed E-state index contributed by atoms with van der Waals surface area (Å²) in [4.78, 5) is 0. The Kier molecular flexibility index (Phi) is 3.73. The van der Waals surface area contributed by atoms with E-state index in [1.165, 1.54) is 12.1 Å². The van der Waals surface area contributed by atoms with E-state index in [-0.39, 0.29) is 10.0 Å². The van der Waals surface area contributed by atoms with Gasteiger partial charge in [0.2, 0.25) is 0 Å². The van der Waals surface area contributed by atoms with Crippen molar-refractivity contribution in [3.05, 3.63) is 39.6 Å². The van der Waals surface area contributed by atoms with Crippen LogP contribution in [0.25, 0.3) is 0 Å². The Bertz CT molecular complexity index is 559. The van der Waals surface area contributed by atoms with Crippen LogP contribution >= 0.6 is 23.2 Å². The predicted molar refractivity (Wildman–Crippen MR) is 69.5 cm³/mol. The molecule has 0 radical (unpaired) electrons. The number of nitrogens with zero attached hydrogens (tertiary/aromatic N) is 3. The minimum atomic E-state index is -0.468. The molecule has 0 saturated heterocycles. The maximum Gasteiger partial charge on any atom is 0.152 e. The Hall–Kier alpha value is -1.33. The van der Waals surface area contributed by atoms with Gasteiger partial charge in [0, 0.05) is 7.05 Å². The van der Waals surface area contributed by atoms with Crippen molar-refractivity contribution in [2.24, 2.45) is 7.05 Å². The lowest BCUT2D eigenvalue weighted by molar-refractivity contribution is 0.628. The molecule has 1 N–H and O–H groups in total. The fraction of sp³-hybridized carbons (Fsp3) is 0.273. The van der Waals surface area contributed by atoms with Crippen LogP contribution < -0.4 is 5.32 Å². The fourth-order valence-electron chi connectivity index (χ4n) is 1.48. The maximum atomic E-state index is 13.0. The van der Waals surface area contributed by atoms with Crippen molar-refractivity contribution in [3.63, 3.8) is 0 Å². The Balaban J connectivity index is 2.18. The third-order valence-electron chi connectivity index (χ3n) is 2.61. The second-order valence-electron chi connectivity index (χ2n) is 3.82. The lowest BCUT2D eigenvalue weighted by Crippen LogP contribution is -2.07. The van der Waals surface area contributed by atoms with Gasteiger partial charge in [-0.15, -0.1) is 10.2 Å². The molecule has 0 aliphatic carbocycles. The number of benzene rings is 1. The van der Waals surface area contributed by atoms with Gasteiger partial charge in [0.25, 0.3) is 0 Å². The summed E-state index contributed by atoms with van der Waals surface area (Å²) in [6.07, 6.45) is 0. The number of aromatic nitrogens is 3. The lowest BCUT2D eigenvalue weighted by atomic mass is 10.3. The zero-order valence-corrected chi connectivity index (χ0v) is 11.3. The molecule has 0 aliphatic rings. The highest BCUT2D eigenvalue weighted by Gasteiger charge is 2.10. The first-order valence-electron chi connectivity index (χ1n) is 5.22. The molecule has 0 bridgehead atoms. The molecule has 0 aliphatic heterocycles. The lowest BCUT2D eigenvalue weighted by Gasteiger charge is -2.10. The summed E-state index contributed by atoms with van der Waals surface area (Å²) < 4.78 is 14.9. The summed E-state index contributed by atoms with van der Waals surface area (Å²) in [5.74, 6) is 1.08. The van der Waals surface area contributed by atoms with Gasteiger partial charge < -0.3 is 9.88 Å². The van der Waals surface area contributed by atoms with Crippen LogP contribution in [-0.2, 0) is 13.6 Å². The second kappa shape index (κ2) is 5.12. The molecule has 4 nitrogen and oxygen atoms in total. The smallest absolute Gasteiger partial charge is 0.152 e. The van der Waals surface area contributed by atoms with Gasteiger partial charge in [-0.3, -0.25) is 0 Å². The fourth-order valence-corrected chi connectivity index (χ4v) is 2.08. The van der Waals surface area contributed by atoms with E-state index in [0.29, 0.717) is 12.2 Å². The average Bonchev–Trinajstić information content (AvgIpc) is 2.59. The minimum absolute atomic E-state index is 0.235. The van der Waals surface area contributed by atoms with Crippen LogP contribution in [-0.4, -0.2) is 14.8 Å². The number of aryl methyl sites for hydroxylation is 1. The van der Waals surface area contributed by atoms with Crippen molar-refractivity contribution in [1.82, 2.24) is 14.8 Å². The van der Waals surface area contributed by atoms with E-state index in [1.807, 2.05) is 18.5 Å². The Morgan fingerprint density at radius 3 is 2.39 bits per heavy atom. The number of anilines is 1. The predicted octanol–water partition coefficient (Wildman–Crippen LogP) is 3.18. The molecule has 0 atom stereocenters. The molecule has 0 unspecified atom stereocenters. The van der Waals surface area contributed by atoms with Crippen molar-refractivity contribution in [2.45, 2.75) is 13.5 Å². The number of halogens is 3. The molecule has 96 valence electrons. The van der Waals surface area contributed by atoms with Crippen LogP contribution in [0.4, 0.5) is 10.1 Å². The van der Waals surface area contributed by atoms with E-state index < -0.39 is 5.82 Å². The van der Waals surface area contributed by atoms with Gasteiger partial charge in [-0.1, -0.05) is 23.2 Å². The molecule has 0 amide bonds. The first kappa shape index (κ1) is 13.1. The topological polar surface area (TPSA) is 42.7 Å². The van der Waals surface area contributed by atoms with Gasteiger partial charge in [0.15, 0.2) is 5.82 Å². The largest absolute Gasteiger partial charge is 0.375 e. The molecule has 1 heterocycles. The van der Waals surface area contributed by atoms with Crippen molar-refractivity contribution in [1.29, 1.82) is 0 Å². The summed E-state index contributed by atoms with van der Waals surface area (Å²) in [7, 11) is 1.86. The van der Waals surface area contributed by atoms with Crippen LogP contribution in [0.5, 0.6) is 0 Å². The van der Waals surface area contributed by atoms with Crippen LogP contribution in [0, 0.1) is 12.7 Å². The van der Waals surface area contributed by atoms with Gasteiger partial charge in [-0.05, 0) is 19.1 Å². The highest BCUT2D eigenvalue weighted by molar-refractivity contribution is 6.39. The molecular formula is C11H11Cl2FN4. The molecule has 0 saturated carbocycles. The summed E-state index contributed by atoms with van der Waals surface area (Å²) >= 11 is 11.8. The van der Waals surface area contributed by atoms with Gasteiger partial charge in [0.1, 0.15) is 11.6 Å². The molecule has 1 aromatic carbocycles. The molecule has 0 fully saturated rings. The normalized spacial score (nSPS) is 10.7. The van der Waals surface area contributed by atoms with Crippen molar-refractivity contribution in [3.8, 4) is 0 Å². The van der Waals surface area contributed by atoms with E-state index in [1.54, 1.807) is 0 Å². The zero-order chi connectivity index (χ0) is 13.3. The SMILES string of the molecule is Cc1nnc(CNc2c(Cl)cc(F)cc2Cl)n1C. The van der Waals surface area contributed by atoms with Crippen molar-refractivity contribution < 1.29 is 4.39 Å². The highest BCUT2D eigenvalue weighted by Crippen LogP contribution is 2.31. The first-order valence-corrected chi connectivity index (χ1v) is 5.98. The molecule has 2 rings (SSSR count). The molecule has 1 aromatic heterocycles. The van der Waals surface area contributed by atoms with E-state index in [0.717, 1.165) is 11.6 Å². The van der Waals surface area contributed by atoms with Gasteiger partial charge in [-0.2, -0.15) is 0 Å². The van der Waals surface area contributed by atoms with E-state index >= 15 is 0 Å². The van der Waals surface area contributed by atoms with Crippen molar-refractivity contribution >= 4 is 28.9 Å². The quantitative estimate of drug-likeness (QED) is 0.943. The monoisotopic (exact) mass is 288 g/mol. The summed E-state index contributed by atoms with van der Waals surface area (Å²) in [6, 6.07) is 2.41. The van der Waals surface area contributed by atoms with Crippen LogP contribution in [0.2, 0.25) is 10.0 Å².